The number of carbonyl (C=O) groups excluding carboxylic acids is 4. The number of carbonyl (C=O) groups is 4. The van der Waals surface area contributed by atoms with Gasteiger partial charge >= 0.3 is 23.9 Å². The van der Waals surface area contributed by atoms with Crippen molar-refractivity contribution in [2.45, 2.75) is 58.1 Å². The zero-order valence-corrected chi connectivity index (χ0v) is 24.8. The molecule has 1 N–H and O–H groups in total. The summed E-state index contributed by atoms with van der Waals surface area (Å²) in [5.41, 5.74) is 0.694. The molecular formula is C26H36N2O12S. The molecular weight excluding hydrogens is 564 g/mol. The number of thiocarbonyl (C=S) groups is 1. The van der Waals surface area contributed by atoms with Crippen LogP contribution < -0.4 is 14.8 Å². The molecule has 0 amide bonds. The Kier molecular flexibility index (Phi) is 13.0. The minimum atomic E-state index is -1.59. The second-order valence-corrected chi connectivity index (χ2v) is 9.20. The lowest BCUT2D eigenvalue weighted by atomic mass is 9.97. The van der Waals surface area contributed by atoms with Gasteiger partial charge in [0.2, 0.25) is 12.4 Å². The molecule has 1 aromatic carbocycles. The Bertz CT molecular complexity index is 1100. The van der Waals surface area contributed by atoms with Gasteiger partial charge < -0.3 is 48.1 Å². The Morgan fingerprint density at radius 2 is 1.56 bits per heavy atom. The number of ether oxygens (including phenoxy) is 8. The number of benzene rings is 1. The van der Waals surface area contributed by atoms with E-state index in [1.165, 1.54) is 7.11 Å². The standard InChI is InChI=1S/C26H36N2O12S/c1-14(29)36-20-21(37-15(2)30)23(38-16(3)31)25(40-22(20)24(32)34-7)39-18-9-8-17(12-19(18)33-6)13-35-26(41)28(5)11-10-27-4/h8-9,12,20-23,25,27H,10-11,13H2,1-7H3/t20-,21-,22-,23+,25+/m0/s1. The van der Waals surface area contributed by atoms with Gasteiger partial charge in [-0.25, -0.2) is 4.79 Å². The summed E-state index contributed by atoms with van der Waals surface area (Å²) in [7, 11) is 6.16. The first-order chi connectivity index (χ1) is 19.4. The summed E-state index contributed by atoms with van der Waals surface area (Å²) in [5.74, 6) is -2.96. The number of rotatable bonds is 12. The third-order valence-corrected chi connectivity index (χ3v) is 6.11. The average Bonchev–Trinajstić information content (AvgIpc) is 2.92. The van der Waals surface area contributed by atoms with E-state index in [1.54, 1.807) is 23.1 Å². The molecule has 41 heavy (non-hydrogen) atoms. The molecule has 14 nitrogen and oxygen atoms in total. The average molecular weight is 601 g/mol. The van der Waals surface area contributed by atoms with Gasteiger partial charge in [-0.1, -0.05) is 6.07 Å². The van der Waals surface area contributed by atoms with Crippen molar-refractivity contribution in [2.24, 2.45) is 0 Å². The second kappa shape index (κ2) is 15.9. The lowest BCUT2D eigenvalue weighted by molar-refractivity contribution is -0.282. The molecule has 1 heterocycles. The van der Waals surface area contributed by atoms with Gasteiger partial charge in [0.25, 0.3) is 5.17 Å². The summed E-state index contributed by atoms with van der Waals surface area (Å²) in [6, 6.07) is 4.87. The summed E-state index contributed by atoms with van der Waals surface area (Å²) < 4.78 is 43.7. The molecule has 1 aromatic rings. The maximum absolute atomic E-state index is 12.6. The zero-order chi connectivity index (χ0) is 30.7. The Balaban J connectivity index is 2.37. The van der Waals surface area contributed by atoms with Crippen LogP contribution in [0.2, 0.25) is 0 Å². The van der Waals surface area contributed by atoms with Gasteiger partial charge in [0.1, 0.15) is 6.61 Å². The molecule has 5 atom stereocenters. The summed E-state index contributed by atoms with van der Waals surface area (Å²) in [5, 5.41) is 3.34. The van der Waals surface area contributed by atoms with Crippen LogP contribution in [0, 0.1) is 0 Å². The van der Waals surface area contributed by atoms with Crippen LogP contribution in [-0.2, 0) is 54.2 Å². The number of esters is 4. The van der Waals surface area contributed by atoms with Crippen molar-refractivity contribution in [1.82, 2.24) is 10.2 Å². The van der Waals surface area contributed by atoms with E-state index in [-0.39, 0.29) is 18.1 Å². The first-order valence-corrected chi connectivity index (χ1v) is 12.9. The molecule has 0 radical (unpaired) electrons. The predicted octanol–water partition coefficient (Wildman–Crippen LogP) is 0.720. The normalized spacial score (nSPS) is 21.6. The van der Waals surface area contributed by atoms with Crippen molar-refractivity contribution in [3.05, 3.63) is 23.8 Å². The molecule has 1 aliphatic rings. The monoisotopic (exact) mass is 600 g/mol. The van der Waals surface area contributed by atoms with Crippen molar-refractivity contribution in [1.29, 1.82) is 0 Å². The fraction of sp³-hybridized carbons (Fsp3) is 0.577. The van der Waals surface area contributed by atoms with E-state index in [1.807, 2.05) is 14.1 Å². The largest absolute Gasteiger partial charge is 0.493 e. The molecule has 0 unspecified atom stereocenters. The van der Waals surface area contributed by atoms with E-state index in [4.69, 9.17) is 50.1 Å². The SMILES string of the molecule is CNCCN(C)C(=S)OCc1ccc(O[C@@H]2O[C@H](C(=O)OC)[C@@H](OC(C)=O)[C@H](OC(C)=O)[C@H]2OC(C)=O)c(OC)c1. The van der Waals surface area contributed by atoms with Crippen LogP contribution in [-0.4, -0.2) is 106 Å². The van der Waals surface area contributed by atoms with E-state index < -0.39 is 54.6 Å². The molecule has 1 aliphatic heterocycles. The summed E-state index contributed by atoms with van der Waals surface area (Å²) in [6.45, 7) is 4.83. The molecule has 0 aliphatic carbocycles. The Hall–Kier alpha value is -3.69. The van der Waals surface area contributed by atoms with Crippen molar-refractivity contribution in [2.75, 3.05) is 41.4 Å². The third-order valence-electron chi connectivity index (χ3n) is 5.68. The van der Waals surface area contributed by atoms with Crippen molar-refractivity contribution in [3.8, 4) is 11.5 Å². The van der Waals surface area contributed by atoms with Gasteiger partial charge in [-0.3, -0.25) is 14.4 Å². The van der Waals surface area contributed by atoms with E-state index >= 15 is 0 Å². The highest BCUT2D eigenvalue weighted by Crippen LogP contribution is 2.35. The number of methoxy groups -OCH3 is 2. The Labute approximate surface area is 243 Å². The molecule has 0 saturated carbocycles. The van der Waals surface area contributed by atoms with Crippen LogP contribution >= 0.6 is 12.2 Å². The first kappa shape index (κ1) is 33.5. The van der Waals surface area contributed by atoms with E-state index in [0.29, 0.717) is 17.3 Å². The third kappa shape index (κ3) is 9.72. The molecule has 0 aromatic heterocycles. The zero-order valence-electron chi connectivity index (χ0n) is 24.0. The van der Waals surface area contributed by atoms with Crippen LogP contribution in [0.5, 0.6) is 11.5 Å². The highest BCUT2D eigenvalue weighted by Gasteiger charge is 2.56. The van der Waals surface area contributed by atoms with Crippen molar-refractivity contribution >= 4 is 41.3 Å². The number of nitrogens with zero attached hydrogens (tertiary/aromatic N) is 1. The van der Waals surface area contributed by atoms with E-state index in [0.717, 1.165) is 34.4 Å². The molecule has 0 bridgehead atoms. The summed E-state index contributed by atoms with van der Waals surface area (Å²) in [6.07, 6.45) is -7.57. The Morgan fingerprint density at radius 3 is 2.12 bits per heavy atom. The molecule has 228 valence electrons. The lowest BCUT2D eigenvalue weighted by Crippen LogP contribution is -2.64. The fourth-order valence-electron chi connectivity index (χ4n) is 3.82. The Morgan fingerprint density at radius 1 is 0.951 bits per heavy atom. The highest BCUT2D eigenvalue weighted by molar-refractivity contribution is 7.80. The van der Waals surface area contributed by atoms with Gasteiger partial charge in [-0.2, -0.15) is 0 Å². The smallest absolute Gasteiger partial charge is 0.339 e. The number of likely N-dealkylation sites (N-methyl/N-ethyl adjacent to an activating group) is 2. The van der Waals surface area contributed by atoms with Crippen molar-refractivity contribution < 1.29 is 57.1 Å². The molecule has 1 saturated heterocycles. The maximum Gasteiger partial charge on any atom is 0.339 e. The number of nitrogens with one attached hydrogen (secondary N) is 1. The van der Waals surface area contributed by atoms with Crippen LogP contribution in [0.1, 0.15) is 26.3 Å². The van der Waals surface area contributed by atoms with E-state index in [2.05, 4.69) is 5.32 Å². The maximum atomic E-state index is 12.6. The first-order valence-electron chi connectivity index (χ1n) is 12.5. The van der Waals surface area contributed by atoms with Crippen LogP contribution in [0.3, 0.4) is 0 Å². The van der Waals surface area contributed by atoms with Crippen LogP contribution in [0.25, 0.3) is 0 Å². The van der Waals surface area contributed by atoms with E-state index in [9.17, 15) is 19.2 Å². The lowest BCUT2D eigenvalue weighted by Gasteiger charge is -2.43. The predicted molar refractivity (Wildman–Crippen MR) is 145 cm³/mol. The number of hydrogen-bond donors (Lipinski definition) is 1. The quantitative estimate of drug-likeness (QED) is 0.203. The van der Waals surface area contributed by atoms with Gasteiger partial charge in [-0.05, 0) is 37.0 Å². The molecule has 2 rings (SSSR count). The highest BCUT2D eigenvalue weighted by atomic mass is 32.1. The van der Waals surface area contributed by atoms with Crippen LogP contribution in [0.15, 0.2) is 18.2 Å². The number of hydrogen-bond acceptors (Lipinski definition) is 14. The van der Waals surface area contributed by atoms with Gasteiger partial charge in [-0.15, -0.1) is 0 Å². The van der Waals surface area contributed by atoms with Gasteiger partial charge in [0, 0.05) is 40.9 Å². The summed E-state index contributed by atoms with van der Waals surface area (Å²) >= 11 is 5.31. The molecule has 1 fully saturated rings. The fourth-order valence-corrected chi connectivity index (χ4v) is 3.98. The van der Waals surface area contributed by atoms with Crippen molar-refractivity contribution in [3.63, 3.8) is 0 Å². The molecule has 0 spiro atoms. The van der Waals surface area contributed by atoms with Gasteiger partial charge in [0.15, 0.2) is 29.8 Å². The van der Waals surface area contributed by atoms with Crippen LogP contribution in [0.4, 0.5) is 0 Å². The minimum absolute atomic E-state index is 0.128. The van der Waals surface area contributed by atoms with Gasteiger partial charge in [0.05, 0.1) is 14.2 Å². The second-order valence-electron chi connectivity index (χ2n) is 8.85. The summed E-state index contributed by atoms with van der Waals surface area (Å²) in [4.78, 5) is 50.2. The molecule has 15 heteroatoms. The minimum Gasteiger partial charge on any atom is -0.493 e. The topological polar surface area (TPSA) is 157 Å².